The van der Waals surface area contributed by atoms with E-state index in [9.17, 15) is 17.6 Å². The summed E-state index contributed by atoms with van der Waals surface area (Å²) in [5.74, 6) is -0.581. The lowest BCUT2D eigenvalue weighted by atomic mass is 10.1. The zero-order chi connectivity index (χ0) is 12.2. The van der Waals surface area contributed by atoms with Gasteiger partial charge in [-0.2, -0.15) is 18.4 Å². The van der Waals surface area contributed by atoms with Crippen LogP contribution in [0.2, 0.25) is 0 Å². The van der Waals surface area contributed by atoms with Crippen LogP contribution in [0, 0.1) is 17.1 Å². The Morgan fingerprint density at radius 1 is 1.31 bits per heavy atom. The number of hydrogen-bond donors (Lipinski definition) is 1. The first-order valence-electron chi connectivity index (χ1n) is 4.38. The lowest BCUT2D eigenvalue weighted by molar-refractivity contribution is -0.125. The zero-order valence-electron chi connectivity index (χ0n) is 8.11. The maximum absolute atomic E-state index is 12.8. The Kier molecular flexibility index (Phi) is 3.85. The first-order chi connectivity index (χ1) is 7.42. The Labute approximate surface area is 89.5 Å². The molecule has 16 heavy (non-hydrogen) atoms. The monoisotopic (exact) mass is 232 g/mol. The molecule has 1 aromatic rings. The van der Waals surface area contributed by atoms with E-state index in [1.165, 1.54) is 6.07 Å². The number of nitrogens with zero attached hydrogens (tertiary/aromatic N) is 1. The van der Waals surface area contributed by atoms with Gasteiger partial charge in [-0.1, -0.05) is 0 Å². The molecule has 0 amide bonds. The minimum absolute atomic E-state index is 0.163. The van der Waals surface area contributed by atoms with Crippen molar-refractivity contribution in [2.24, 2.45) is 0 Å². The average molecular weight is 232 g/mol. The minimum atomic E-state index is -4.32. The van der Waals surface area contributed by atoms with Crippen LogP contribution in [0.15, 0.2) is 18.2 Å². The van der Waals surface area contributed by atoms with Crippen LogP contribution in [0.3, 0.4) is 0 Å². The number of rotatable bonds is 3. The second kappa shape index (κ2) is 4.94. The van der Waals surface area contributed by atoms with Crippen LogP contribution in [0.1, 0.15) is 11.1 Å². The molecule has 0 aliphatic rings. The highest BCUT2D eigenvalue weighted by molar-refractivity contribution is 5.37. The molecule has 0 aliphatic heterocycles. The second-order valence-electron chi connectivity index (χ2n) is 3.13. The van der Waals surface area contributed by atoms with Gasteiger partial charge in [0, 0.05) is 6.54 Å². The van der Waals surface area contributed by atoms with Crippen LogP contribution in [0.25, 0.3) is 0 Å². The lowest BCUT2D eigenvalue weighted by Gasteiger charge is -2.09. The van der Waals surface area contributed by atoms with Crippen LogP contribution < -0.4 is 5.32 Å². The predicted molar refractivity (Wildman–Crippen MR) is 48.9 cm³/mol. The lowest BCUT2D eigenvalue weighted by Crippen LogP contribution is -2.28. The van der Waals surface area contributed by atoms with Crippen LogP contribution in [-0.2, 0) is 6.54 Å². The number of benzene rings is 1. The molecule has 0 bridgehead atoms. The van der Waals surface area contributed by atoms with E-state index in [1.807, 2.05) is 0 Å². The van der Waals surface area contributed by atoms with E-state index in [-0.39, 0.29) is 17.7 Å². The number of alkyl halides is 3. The molecule has 6 heteroatoms. The Bertz CT molecular complexity index is 406. The van der Waals surface area contributed by atoms with Crippen LogP contribution >= 0.6 is 0 Å². The van der Waals surface area contributed by atoms with Crippen molar-refractivity contribution in [2.75, 3.05) is 6.54 Å². The summed E-state index contributed by atoms with van der Waals surface area (Å²) < 4.78 is 48.2. The number of hydrogen-bond acceptors (Lipinski definition) is 2. The van der Waals surface area contributed by atoms with Crippen molar-refractivity contribution in [1.82, 2.24) is 5.32 Å². The van der Waals surface area contributed by atoms with Crippen molar-refractivity contribution in [3.8, 4) is 6.07 Å². The summed E-state index contributed by atoms with van der Waals surface area (Å²) in [5, 5.41) is 10.7. The quantitative estimate of drug-likeness (QED) is 0.812. The smallest absolute Gasteiger partial charge is 0.305 e. The molecule has 0 saturated carbocycles. The second-order valence-corrected chi connectivity index (χ2v) is 3.13. The van der Waals surface area contributed by atoms with Crippen molar-refractivity contribution in [1.29, 1.82) is 5.26 Å². The van der Waals surface area contributed by atoms with E-state index < -0.39 is 18.5 Å². The Hall–Kier alpha value is -1.61. The molecule has 0 heterocycles. The molecule has 0 atom stereocenters. The van der Waals surface area contributed by atoms with Crippen molar-refractivity contribution >= 4 is 0 Å². The van der Waals surface area contributed by atoms with E-state index in [1.54, 1.807) is 6.07 Å². The molecule has 0 radical (unpaired) electrons. The highest BCUT2D eigenvalue weighted by Gasteiger charge is 2.26. The van der Waals surface area contributed by atoms with Crippen LogP contribution in [0.4, 0.5) is 17.6 Å². The van der Waals surface area contributed by atoms with Gasteiger partial charge < -0.3 is 5.32 Å². The molecular formula is C10H8F4N2. The fourth-order valence-corrected chi connectivity index (χ4v) is 1.16. The van der Waals surface area contributed by atoms with Gasteiger partial charge in [0.05, 0.1) is 18.2 Å². The average Bonchev–Trinajstić information content (AvgIpc) is 2.16. The van der Waals surface area contributed by atoms with Crippen molar-refractivity contribution < 1.29 is 17.6 Å². The van der Waals surface area contributed by atoms with Crippen molar-refractivity contribution in [3.05, 3.63) is 35.1 Å². The first kappa shape index (κ1) is 12.5. The molecule has 1 aromatic carbocycles. The fourth-order valence-electron chi connectivity index (χ4n) is 1.16. The standard InChI is InChI=1S/C10H8F4N2/c11-9-2-1-7(4-15)8(3-9)5-16-6-10(12,13)14/h1-3,16H,5-6H2. The normalized spacial score (nSPS) is 11.2. The molecule has 86 valence electrons. The summed E-state index contributed by atoms with van der Waals surface area (Å²) in [6.07, 6.45) is -4.32. The molecule has 0 fully saturated rings. The Balaban J connectivity index is 2.67. The highest BCUT2D eigenvalue weighted by atomic mass is 19.4. The number of nitriles is 1. The van der Waals surface area contributed by atoms with Crippen LogP contribution in [0.5, 0.6) is 0 Å². The molecule has 2 nitrogen and oxygen atoms in total. The van der Waals surface area contributed by atoms with E-state index in [4.69, 9.17) is 5.26 Å². The Morgan fingerprint density at radius 2 is 2.00 bits per heavy atom. The summed E-state index contributed by atoms with van der Waals surface area (Å²) in [4.78, 5) is 0. The molecular weight excluding hydrogens is 224 g/mol. The number of nitrogens with one attached hydrogen (secondary N) is 1. The molecule has 1 rings (SSSR count). The summed E-state index contributed by atoms with van der Waals surface area (Å²) in [5.41, 5.74) is 0.378. The maximum atomic E-state index is 12.8. The summed E-state index contributed by atoms with van der Waals surface area (Å²) in [6, 6.07) is 5.15. The van der Waals surface area contributed by atoms with E-state index in [0.29, 0.717) is 0 Å². The van der Waals surface area contributed by atoms with E-state index in [0.717, 1.165) is 12.1 Å². The molecule has 0 spiro atoms. The fraction of sp³-hybridized carbons (Fsp3) is 0.300. The van der Waals surface area contributed by atoms with E-state index >= 15 is 0 Å². The Morgan fingerprint density at radius 3 is 2.56 bits per heavy atom. The van der Waals surface area contributed by atoms with Crippen molar-refractivity contribution in [3.63, 3.8) is 0 Å². The molecule has 0 aromatic heterocycles. The van der Waals surface area contributed by atoms with Gasteiger partial charge in [-0.15, -0.1) is 0 Å². The minimum Gasteiger partial charge on any atom is -0.305 e. The summed E-state index contributed by atoms with van der Waals surface area (Å²) in [7, 11) is 0. The van der Waals surface area contributed by atoms with Gasteiger partial charge in [0.25, 0.3) is 0 Å². The molecule has 0 aliphatic carbocycles. The molecule has 0 unspecified atom stereocenters. The van der Waals surface area contributed by atoms with E-state index in [2.05, 4.69) is 5.32 Å². The van der Waals surface area contributed by atoms with Gasteiger partial charge >= 0.3 is 6.18 Å². The molecule has 1 N–H and O–H groups in total. The topological polar surface area (TPSA) is 35.8 Å². The number of halogens is 4. The van der Waals surface area contributed by atoms with Gasteiger partial charge in [0.2, 0.25) is 0 Å². The van der Waals surface area contributed by atoms with Gasteiger partial charge in [0.1, 0.15) is 5.82 Å². The largest absolute Gasteiger partial charge is 0.401 e. The highest BCUT2D eigenvalue weighted by Crippen LogP contribution is 2.14. The summed E-state index contributed by atoms with van der Waals surface area (Å²) >= 11 is 0. The maximum Gasteiger partial charge on any atom is 0.401 e. The third kappa shape index (κ3) is 3.87. The first-order valence-corrected chi connectivity index (χ1v) is 4.38. The summed E-state index contributed by atoms with van der Waals surface area (Å²) in [6.45, 7) is -1.37. The van der Waals surface area contributed by atoms with Gasteiger partial charge in [-0.05, 0) is 23.8 Å². The zero-order valence-corrected chi connectivity index (χ0v) is 8.11. The van der Waals surface area contributed by atoms with Crippen molar-refractivity contribution in [2.45, 2.75) is 12.7 Å². The predicted octanol–water partition coefficient (Wildman–Crippen LogP) is 2.35. The van der Waals surface area contributed by atoms with Gasteiger partial charge in [-0.25, -0.2) is 4.39 Å². The third-order valence-electron chi connectivity index (χ3n) is 1.83. The third-order valence-corrected chi connectivity index (χ3v) is 1.83. The molecule has 0 saturated heterocycles. The van der Waals surface area contributed by atoms with Crippen LogP contribution in [-0.4, -0.2) is 12.7 Å². The van der Waals surface area contributed by atoms with Gasteiger partial charge in [0.15, 0.2) is 0 Å². The van der Waals surface area contributed by atoms with Gasteiger partial charge in [-0.3, -0.25) is 0 Å². The SMILES string of the molecule is N#Cc1ccc(F)cc1CNCC(F)(F)F.